The van der Waals surface area contributed by atoms with Gasteiger partial charge in [0.15, 0.2) is 0 Å². The smallest absolute Gasteiger partial charge is 0.324 e. The van der Waals surface area contributed by atoms with Gasteiger partial charge in [-0.25, -0.2) is 8.42 Å². The van der Waals surface area contributed by atoms with Crippen molar-refractivity contribution in [3.63, 3.8) is 0 Å². The van der Waals surface area contributed by atoms with Crippen LogP contribution in [0.15, 0.2) is 24.3 Å². The molecule has 0 aromatic heterocycles. The summed E-state index contributed by atoms with van der Waals surface area (Å²) in [6, 6.07) is 3.17. The van der Waals surface area contributed by atoms with Crippen LogP contribution in [0.4, 0.5) is 5.69 Å². The minimum absolute atomic E-state index is 0.183. The van der Waals surface area contributed by atoms with Crippen molar-refractivity contribution in [1.82, 2.24) is 4.72 Å². The predicted molar refractivity (Wildman–Crippen MR) is 67.4 cm³/mol. The van der Waals surface area contributed by atoms with E-state index < -0.39 is 39.3 Å². The molecule has 0 aliphatic carbocycles. The van der Waals surface area contributed by atoms with Gasteiger partial charge in [0.2, 0.25) is 10.0 Å². The highest BCUT2D eigenvalue weighted by molar-refractivity contribution is 7.88. The summed E-state index contributed by atoms with van der Waals surface area (Å²) in [5, 5.41) is 27.8. The number of carboxylic acid groups (broad SMARTS) is 1. The Balaban J connectivity index is 2.80. The summed E-state index contributed by atoms with van der Waals surface area (Å²) in [5.74, 6) is -2.05. The van der Waals surface area contributed by atoms with E-state index in [-0.39, 0.29) is 11.3 Å². The fourth-order valence-corrected chi connectivity index (χ4v) is 2.68. The number of rotatable bonds is 7. The number of sulfonamides is 1. The Morgan fingerprint density at radius 3 is 2.30 bits per heavy atom. The van der Waals surface area contributed by atoms with Gasteiger partial charge >= 0.3 is 5.97 Å². The Kier molecular flexibility index (Phi) is 5.13. The fraction of sp³-hybridized carbons (Fsp3) is 0.300. The number of aliphatic carboxylic acids is 1. The van der Waals surface area contributed by atoms with Crippen LogP contribution >= 0.6 is 0 Å². The van der Waals surface area contributed by atoms with Gasteiger partial charge in [0, 0.05) is 12.1 Å². The summed E-state index contributed by atoms with van der Waals surface area (Å²) >= 11 is 0. The van der Waals surface area contributed by atoms with Crippen molar-refractivity contribution in [2.75, 3.05) is 6.61 Å². The molecule has 10 heteroatoms. The lowest BCUT2D eigenvalue weighted by molar-refractivity contribution is -0.384. The highest BCUT2D eigenvalue weighted by Gasteiger charge is 2.23. The number of hydrogen-bond acceptors (Lipinski definition) is 6. The first-order chi connectivity index (χ1) is 9.25. The fourth-order valence-electron chi connectivity index (χ4n) is 1.36. The van der Waals surface area contributed by atoms with Crippen molar-refractivity contribution < 1.29 is 28.3 Å². The van der Waals surface area contributed by atoms with Crippen LogP contribution in [0.1, 0.15) is 5.56 Å². The molecule has 3 N–H and O–H groups in total. The summed E-state index contributed by atoms with van der Waals surface area (Å²) in [6.45, 7) is -0.880. The Bertz CT molecular complexity index is 597. The van der Waals surface area contributed by atoms with Crippen LogP contribution in [0.2, 0.25) is 0 Å². The highest BCUT2D eigenvalue weighted by atomic mass is 32.2. The van der Waals surface area contributed by atoms with Gasteiger partial charge in [0.1, 0.15) is 6.04 Å². The maximum Gasteiger partial charge on any atom is 0.324 e. The lowest BCUT2D eigenvalue weighted by atomic mass is 10.2. The van der Waals surface area contributed by atoms with E-state index >= 15 is 0 Å². The van der Waals surface area contributed by atoms with Crippen LogP contribution in [-0.2, 0) is 20.6 Å². The van der Waals surface area contributed by atoms with E-state index in [2.05, 4.69) is 0 Å². The molecule has 0 radical (unpaired) electrons. The minimum Gasteiger partial charge on any atom is -0.480 e. The van der Waals surface area contributed by atoms with E-state index in [0.717, 1.165) is 12.1 Å². The van der Waals surface area contributed by atoms with Crippen LogP contribution in [0.5, 0.6) is 0 Å². The van der Waals surface area contributed by atoms with Gasteiger partial charge in [-0.15, -0.1) is 0 Å². The van der Waals surface area contributed by atoms with E-state index in [1.54, 1.807) is 0 Å². The molecule has 0 unspecified atom stereocenters. The van der Waals surface area contributed by atoms with Gasteiger partial charge in [0.25, 0.3) is 5.69 Å². The van der Waals surface area contributed by atoms with E-state index in [9.17, 15) is 23.3 Å². The minimum atomic E-state index is -3.98. The molecule has 0 amide bonds. The third-order valence-electron chi connectivity index (χ3n) is 2.31. The summed E-state index contributed by atoms with van der Waals surface area (Å²) < 4.78 is 25.2. The maximum absolute atomic E-state index is 11.7. The van der Waals surface area contributed by atoms with Crippen molar-refractivity contribution >= 4 is 21.7 Å². The molecule has 1 aromatic rings. The Hall–Kier alpha value is -2.04. The molecular weight excluding hydrogens is 292 g/mol. The normalized spacial score (nSPS) is 12.8. The van der Waals surface area contributed by atoms with Crippen LogP contribution in [-0.4, -0.2) is 42.2 Å². The van der Waals surface area contributed by atoms with E-state index in [1.807, 2.05) is 4.72 Å². The van der Waals surface area contributed by atoms with Gasteiger partial charge < -0.3 is 10.2 Å². The van der Waals surface area contributed by atoms with Crippen LogP contribution < -0.4 is 4.72 Å². The average molecular weight is 304 g/mol. The second-order valence-corrected chi connectivity index (χ2v) is 5.63. The summed E-state index contributed by atoms with van der Waals surface area (Å²) in [7, 11) is -3.98. The number of benzene rings is 1. The standard InChI is InChI=1S/C10H12N2O7S/c13-5-9(10(14)15)11-20(18,19)6-7-1-3-8(4-2-7)12(16)17/h1-4,9,11,13H,5-6H2,(H,14,15)/t9-/m1/s1. The maximum atomic E-state index is 11.7. The highest BCUT2D eigenvalue weighted by Crippen LogP contribution is 2.13. The molecule has 0 bridgehead atoms. The van der Waals surface area contributed by atoms with Gasteiger partial charge in [-0.2, -0.15) is 4.72 Å². The van der Waals surface area contributed by atoms with E-state index in [1.165, 1.54) is 12.1 Å². The molecule has 0 saturated heterocycles. The van der Waals surface area contributed by atoms with Crippen LogP contribution in [0.25, 0.3) is 0 Å². The second kappa shape index (κ2) is 6.41. The molecule has 1 atom stereocenters. The average Bonchev–Trinajstić information content (AvgIpc) is 2.35. The number of non-ortho nitro benzene ring substituents is 1. The number of nitro groups is 1. The number of nitrogens with zero attached hydrogens (tertiary/aromatic N) is 1. The molecular formula is C10H12N2O7S. The summed E-state index contributed by atoms with van der Waals surface area (Å²) in [6.07, 6.45) is 0. The quantitative estimate of drug-likeness (QED) is 0.452. The number of nitro benzene ring substituents is 1. The summed E-state index contributed by atoms with van der Waals surface area (Å²) in [4.78, 5) is 20.4. The van der Waals surface area contributed by atoms with E-state index in [0.29, 0.717) is 0 Å². The molecule has 0 aliphatic heterocycles. The van der Waals surface area contributed by atoms with Gasteiger partial charge in [-0.05, 0) is 5.56 Å². The number of nitrogens with one attached hydrogen (secondary N) is 1. The number of aliphatic hydroxyl groups is 1. The van der Waals surface area contributed by atoms with Crippen LogP contribution in [0.3, 0.4) is 0 Å². The number of hydrogen-bond donors (Lipinski definition) is 3. The molecule has 0 saturated carbocycles. The molecule has 110 valence electrons. The van der Waals surface area contributed by atoms with E-state index in [4.69, 9.17) is 10.2 Å². The molecule has 1 rings (SSSR count). The number of carbonyl (C=O) groups is 1. The second-order valence-electron chi connectivity index (χ2n) is 3.87. The van der Waals surface area contributed by atoms with Gasteiger partial charge in [-0.1, -0.05) is 12.1 Å². The molecule has 0 aliphatic rings. The zero-order valence-electron chi connectivity index (χ0n) is 10.1. The van der Waals surface area contributed by atoms with Crippen molar-refractivity contribution in [2.45, 2.75) is 11.8 Å². The molecule has 1 aromatic carbocycles. The van der Waals surface area contributed by atoms with Gasteiger partial charge in [0.05, 0.1) is 17.3 Å². The molecule has 9 nitrogen and oxygen atoms in total. The first kappa shape index (κ1) is 16.0. The largest absolute Gasteiger partial charge is 0.480 e. The molecule has 0 fully saturated rings. The Morgan fingerprint density at radius 2 is 1.90 bits per heavy atom. The van der Waals surface area contributed by atoms with Gasteiger partial charge in [-0.3, -0.25) is 14.9 Å². The Labute approximate surface area is 114 Å². The molecule has 20 heavy (non-hydrogen) atoms. The van der Waals surface area contributed by atoms with Crippen molar-refractivity contribution in [1.29, 1.82) is 0 Å². The van der Waals surface area contributed by atoms with Crippen molar-refractivity contribution in [3.8, 4) is 0 Å². The number of carboxylic acids is 1. The topological polar surface area (TPSA) is 147 Å². The zero-order chi connectivity index (χ0) is 15.3. The first-order valence-electron chi connectivity index (χ1n) is 5.32. The van der Waals surface area contributed by atoms with Crippen LogP contribution in [0, 0.1) is 10.1 Å². The molecule has 0 heterocycles. The monoisotopic (exact) mass is 304 g/mol. The lowest BCUT2D eigenvalue weighted by Crippen LogP contribution is -2.43. The Morgan fingerprint density at radius 1 is 1.35 bits per heavy atom. The predicted octanol–water partition coefficient (Wildman–Crippen LogP) is -0.540. The lowest BCUT2D eigenvalue weighted by Gasteiger charge is -2.12. The van der Waals surface area contributed by atoms with Crippen molar-refractivity contribution in [2.24, 2.45) is 0 Å². The summed E-state index contributed by atoms with van der Waals surface area (Å²) in [5.41, 5.74) is 0.0723. The van der Waals surface area contributed by atoms with Crippen molar-refractivity contribution in [3.05, 3.63) is 39.9 Å². The molecule has 0 spiro atoms. The SMILES string of the molecule is O=C(O)[C@@H](CO)NS(=O)(=O)Cc1ccc([N+](=O)[O-])cc1. The third kappa shape index (κ3) is 4.57. The first-order valence-corrected chi connectivity index (χ1v) is 6.97. The number of aliphatic hydroxyl groups excluding tert-OH is 1. The third-order valence-corrected chi connectivity index (χ3v) is 3.66. The zero-order valence-corrected chi connectivity index (χ0v) is 10.9.